The molecule has 0 aliphatic rings. The first-order chi connectivity index (χ1) is 9.58. The zero-order valence-corrected chi connectivity index (χ0v) is 12.4. The van der Waals surface area contributed by atoms with E-state index < -0.39 is 5.54 Å². The summed E-state index contributed by atoms with van der Waals surface area (Å²) in [5, 5.41) is 3.16. The molecule has 1 aromatic rings. The lowest BCUT2D eigenvalue weighted by molar-refractivity contribution is -0.150. The van der Waals surface area contributed by atoms with Gasteiger partial charge >= 0.3 is 5.97 Å². The number of carbonyl (C=O) groups excluding carboxylic acids is 1. The fraction of sp³-hybridized carbons (Fsp3) is 0.438. The molecule has 1 aromatic carbocycles. The quantitative estimate of drug-likeness (QED) is 0.586. The van der Waals surface area contributed by atoms with Gasteiger partial charge in [-0.1, -0.05) is 18.2 Å². The molecule has 1 N–H and O–H groups in total. The van der Waals surface area contributed by atoms with E-state index in [0.717, 1.165) is 11.3 Å². The van der Waals surface area contributed by atoms with Crippen molar-refractivity contribution in [3.8, 4) is 5.75 Å². The summed E-state index contributed by atoms with van der Waals surface area (Å²) < 4.78 is 10.6. The number of rotatable bonds is 8. The third kappa shape index (κ3) is 3.84. The molecule has 1 atom stereocenters. The molecule has 110 valence electrons. The van der Waals surface area contributed by atoms with E-state index in [1.54, 1.807) is 13.0 Å². The van der Waals surface area contributed by atoms with Crippen molar-refractivity contribution in [3.63, 3.8) is 0 Å². The molecule has 0 spiro atoms. The summed E-state index contributed by atoms with van der Waals surface area (Å²) in [4.78, 5) is 12.2. The summed E-state index contributed by atoms with van der Waals surface area (Å²) >= 11 is 0. The highest BCUT2D eigenvalue weighted by Crippen LogP contribution is 2.25. The van der Waals surface area contributed by atoms with Gasteiger partial charge in [0.05, 0.1) is 13.2 Å². The molecule has 0 bridgehead atoms. The monoisotopic (exact) mass is 277 g/mol. The van der Waals surface area contributed by atoms with E-state index in [-0.39, 0.29) is 5.97 Å². The first-order valence-electron chi connectivity index (χ1n) is 6.85. The molecule has 0 saturated heterocycles. The largest absolute Gasteiger partial charge is 0.494 e. The second-order valence-corrected chi connectivity index (χ2v) is 4.47. The Labute approximate surface area is 120 Å². The Morgan fingerprint density at radius 3 is 2.45 bits per heavy atom. The van der Waals surface area contributed by atoms with Gasteiger partial charge in [0.2, 0.25) is 0 Å². The smallest absolute Gasteiger partial charge is 0.330 e. The fourth-order valence-corrected chi connectivity index (χ4v) is 1.89. The Bertz CT molecular complexity index is 442. The van der Waals surface area contributed by atoms with Crippen LogP contribution in [0.25, 0.3) is 0 Å². The highest BCUT2D eigenvalue weighted by molar-refractivity contribution is 5.82. The number of nitrogens with one attached hydrogen (secondary N) is 1. The van der Waals surface area contributed by atoms with Crippen molar-refractivity contribution in [2.45, 2.75) is 26.3 Å². The third-order valence-corrected chi connectivity index (χ3v) is 3.03. The normalized spacial score (nSPS) is 13.3. The second-order valence-electron chi connectivity index (χ2n) is 4.47. The first-order valence-corrected chi connectivity index (χ1v) is 6.85. The van der Waals surface area contributed by atoms with Crippen molar-refractivity contribution >= 4 is 5.97 Å². The van der Waals surface area contributed by atoms with Crippen LogP contribution < -0.4 is 10.1 Å². The van der Waals surface area contributed by atoms with E-state index in [1.165, 1.54) is 0 Å². The van der Waals surface area contributed by atoms with Crippen LogP contribution >= 0.6 is 0 Å². The summed E-state index contributed by atoms with van der Waals surface area (Å²) in [6, 6.07) is 7.45. The average Bonchev–Trinajstić information content (AvgIpc) is 2.46. The lowest BCUT2D eigenvalue weighted by atomic mass is 9.92. The summed E-state index contributed by atoms with van der Waals surface area (Å²) in [5.74, 6) is 0.484. The van der Waals surface area contributed by atoms with Crippen LogP contribution in [0.3, 0.4) is 0 Å². The fourth-order valence-electron chi connectivity index (χ4n) is 1.89. The van der Waals surface area contributed by atoms with Crippen molar-refractivity contribution in [1.29, 1.82) is 0 Å². The van der Waals surface area contributed by atoms with E-state index in [1.807, 2.05) is 38.1 Å². The van der Waals surface area contributed by atoms with Gasteiger partial charge in [-0.3, -0.25) is 5.32 Å². The maximum Gasteiger partial charge on any atom is 0.330 e. The Balaban J connectivity index is 3.02. The Kier molecular flexibility index (Phi) is 6.25. The van der Waals surface area contributed by atoms with Crippen molar-refractivity contribution in [2.75, 3.05) is 19.8 Å². The molecule has 0 aliphatic carbocycles. The minimum Gasteiger partial charge on any atom is -0.494 e. The van der Waals surface area contributed by atoms with E-state index in [4.69, 9.17) is 9.47 Å². The number of ether oxygens (including phenoxy) is 2. The molecule has 0 saturated carbocycles. The molecule has 1 rings (SSSR count). The summed E-state index contributed by atoms with van der Waals surface area (Å²) in [6.45, 7) is 10.7. The maximum absolute atomic E-state index is 12.2. The Hall–Kier alpha value is -1.81. The molecule has 4 heteroatoms. The van der Waals surface area contributed by atoms with Crippen LogP contribution in [0, 0.1) is 0 Å². The minimum atomic E-state index is -0.894. The molecule has 0 aromatic heterocycles. The molecule has 20 heavy (non-hydrogen) atoms. The van der Waals surface area contributed by atoms with E-state index >= 15 is 0 Å². The van der Waals surface area contributed by atoms with E-state index in [2.05, 4.69) is 11.9 Å². The van der Waals surface area contributed by atoms with Crippen molar-refractivity contribution < 1.29 is 14.3 Å². The van der Waals surface area contributed by atoms with Crippen LogP contribution in [-0.4, -0.2) is 25.7 Å². The van der Waals surface area contributed by atoms with Crippen LogP contribution in [0.5, 0.6) is 5.75 Å². The van der Waals surface area contributed by atoms with Crippen LogP contribution in [0.4, 0.5) is 0 Å². The number of benzene rings is 1. The lowest BCUT2D eigenvalue weighted by Crippen LogP contribution is -2.47. The second kappa shape index (κ2) is 7.70. The molecule has 0 fully saturated rings. The zero-order valence-electron chi connectivity index (χ0n) is 12.4. The minimum absolute atomic E-state index is 0.300. The van der Waals surface area contributed by atoms with Crippen molar-refractivity contribution in [1.82, 2.24) is 5.32 Å². The van der Waals surface area contributed by atoms with Crippen LogP contribution in [0.2, 0.25) is 0 Å². The van der Waals surface area contributed by atoms with Gasteiger partial charge < -0.3 is 9.47 Å². The summed E-state index contributed by atoms with van der Waals surface area (Å²) in [6.07, 6.45) is 1.71. The maximum atomic E-state index is 12.2. The summed E-state index contributed by atoms with van der Waals surface area (Å²) in [5.41, 5.74) is -0.0594. The highest BCUT2D eigenvalue weighted by Gasteiger charge is 2.35. The van der Waals surface area contributed by atoms with Gasteiger partial charge in [0, 0.05) is 6.54 Å². The van der Waals surface area contributed by atoms with Gasteiger partial charge in [-0.05, 0) is 38.5 Å². The zero-order chi connectivity index (χ0) is 15.0. The lowest BCUT2D eigenvalue weighted by Gasteiger charge is -2.28. The van der Waals surface area contributed by atoms with Crippen LogP contribution in [0.1, 0.15) is 26.3 Å². The SMILES string of the molecule is C=CCNC(C)(C(=O)OCC)c1ccc(OCC)cc1. The van der Waals surface area contributed by atoms with Crippen molar-refractivity contribution in [2.24, 2.45) is 0 Å². The number of carbonyl (C=O) groups is 1. The molecule has 0 heterocycles. The van der Waals surface area contributed by atoms with Gasteiger partial charge in [-0.25, -0.2) is 4.79 Å². The molecule has 0 amide bonds. The van der Waals surface area contributed by atoms with Gasteiger partial charge in [0.1, 0.15) is 11.3 Å². The molecule has 1 unspecified atom stereocenters. The average molecular weight is 277 g/mol. The topological polar surface area (TPSA) is 47.6 Å². The van der Waals surface area contributed by atoms with Gasteiger partial charge in [0.25, 0.3) is 0 Å². The standard InChI is InChI=1S/C16H23NO3/c1-5-12-17-16(4,15(18)20-7-3)13-8-10-14(11-9-13)19-6-2/h5,8-11,17H,1,6-7,12H2,2-4H3. The molecule has 0 aliphatic heterocycles. The van der Waals surface area contributed by atoms with Crippen LogP contribution in [0.15, 0.2) is 36.9 Å². The number of esters is 1. The van der Waals surface area contributed by atoms with Gasteiger partial charge in [-0.2, -0.15) is 0 Å². The van der Waals surface area contributed by atoms with Gasteiger partial charge in [0.15, 0.2) is 0 Å². The van der Waals surface area contributed by atoms with Crippen LogP contribution in [-0.2, 0) is 15.1 Å². The first kappa shape index (κ1) is 16.2. The van der Waals surface area contributed by atoms with E-state index in [0.29, 0.717) is 19.8 Å². The predicted octanol–water partition coefficient (Wildman–Crippen LogP) is 2.64. The summed E-state index contributed by atoms with van der Waals surface area (Å²) in [7, 11) is 0. The van der Waals surface area contributed by atoms with Gasteiger partial charge in [-0.15, -0.1) is 6.58 Å². The molecule has 0 radical (unpaired) electrons. The molecular weight excluding hydrogens is 254 g/mol. The van der Waals surface area contributed by atoms with Crippen molar-refractivity contribution in [3.05, 3.63) is 42.5 Å². The Morgan fingerprint density at radius 1 is 1.30 bits per heavy atom. The third-order valence-electron chi connectivity index (χ3n) is 3.03. The van der Waals surface area contributed by atoms with E-state index in [9.17, 15) is 4.79 Å². The highest BCUT2D eigenvalue weighted by atomic mass is 16.5. The molecular formula is C16H23NO3. The predicted molar refractivity (Wildman–Crippen MR) is 79.8 cm³/mol. The number of hydrogen-bond acceptors (Lipinski definition) is 4. The Morgan fingerprint density at radius 2 is 1.95 bits per heavy atom. The molecule has 4 nitrogen and oxygen atoms in total. The number of hydrogen-bond donors (Lipinski definition) is 1.